The van der Waals surface area contributed by atoms with E-state index in [-0.39, 0.29) is 5.69 Å². The summed E-state index contributed by atoms with van der Waals surface area (Å²) in [5.74, 6) is 0.704. The summed E-state index contributed by atoms with van der Waals surface area (Å²) in [6.07, 6.45) is 2.94. The van der Waals surface area contributed by atoms with E-state index < -0.39 is 5.91 Å². The third-order valence-corrected chi connectivity index (χ3v) is 3.85. The number of carbonyl (C=O) groups excluding carboxylic acids is 1. The fourth-order valence-corrected chi connectivity index (χ4v) is 2.46. The maximum absolute atomic E-state index is 12.4. The number of halogens is 1. The normalized spacial score (nSPS) is 10.2. The van der Waals surface area contributed by atoms with Crippen molar-refractivity contribution in [3.05, 3.63) is 77.2 Å². The van der Waals surface area contributed by atoms with Crippen molar-refractivity contribution in [1.82, 2.24) is 9.97 Å². The average Bonchev–Trinajstić information content (AvgIpc) is 2.68. The summed E-state index contributed by atoms with van der Waals surface area (Å²) >= 11 is 5.97. The van der Waals surface area contributed by atoms with Gasteiger partial charge in [-0.3, -0.25) is 4.79 Å². The standard InChI is InChI=1S/C19H17ClN4O2/c1-26-17-8-7-14(20)9-15(17)24-19(25)16-11-23-18(12-21-16)22-10-13-5-3-2-4-6-13/h2-9,11-12H,10H2,1H3,(H,22,23)(H,24,25). The SMILES string of the molecule is COc1ccc(Cl)cc1NC(=O)c1cnc(NCc2ccccc2)cn1. The van der Waals surface area contributed by atoms with Crippen molar-refractivity contribution in [3.8, 4) is 5.75 Å². The monoisotopic (exact) mass is 368 g/mol. The molecule has 26 heavy (non-hydrogen) atoms. The van der Waals surface area contributed by atoms with E-state index in [1.807, 2.05) is 30.3 Å². The largest absolute Gasteiger partial charge is 0.495 e. The second-order valence-corrected chi connectivity index (χ2v) is 5.86. The highest BCUT2D eigenvalue weighted by Gasteiger charge is 2.12. The quantitative estimate of drug-likeness (QED) is 0.687. The van der Waals surface area contributed by atoms with Gasteiger partial charge in [0.1, 0.15) is 17.3 Å². The zero-order chi connectivity index (χ0) is 18.4. The van der Waals surface area contributed by atoms with Crippen LogP contribution in [-0.4, -0.2) is 23.0 Å². The van der Waals surface area contributed by atoms with Crippen molar-refractivity contribution in [3.63, 3.8) is 0 Å². The summed E-state index contributed by atoms with van der Waals surface area (Å²) in [6.45, 7) is 0.626. The molecule has 3 aromatic rings. The minimum absolute atomic E-state index is 0.192. The van der Waals surface area contributed by atoms with E-state index in [1.165, 1.54) is 19.5 Å². The van der Waals surface area contributed by atoms with Gasteiger partial charge in [0.25, 0.3) is 5.91 Å². The van der Waals surface area contributed by atoms with Crippen molar-refractivity contribution in [2.24, 2.45) is 0 Å². The number of methoxy groups -OCH3 is 1. The number of carbonyl (C=O) groups is 1. The van der Waals surface area contributed by atoms with Crippen LogP contribution in [0.25, 0.3) is 0 Å². The first-order chi connectivity index (χ1) is 12.7. The fourth-order valence-electron chi connectivity index (χ4n) is 2.29. The number of hydrogen-bond acceptors (Lipinski definition) is 5. The second kappa shape index (κ2) is 8.31. The van der Waals surface area contributed by atoms with Crippen LogP contribution in [0, 0.1) is 0 Å². The van der Waals surface area contributed by atoms with Gasteiger partial charge in [0.05, 0.1) is 25.2 Å². The molecule has 3 rings (SSSR count). The molecule has 1 aromatic heterocycles. The minimum atomic E-state index is -0.396. The summed E-state index contributed by atoms with van der Waals surface area (Å²) in [5.41, 5.74) is 1.79. The summed E-state index contributed by atoms with van der Waals surface area (Å²) < 4.78 is 5.21. The van der Waals surface area contributed by atoms with Crippen molar-refractivity contribution in [1.29, 1.82) is 0 Å². The maximum atomic E-state index is 12.4. The number of nitrogens with one attached hydrogen (secondary N) is 2. The van der Waals surface area contributed by atoms with Crippen LogP contribution in [0.15, 0.2) is 60.9 Å². The van der Waals surface area contributed by atoms with E-state index in [9.17, 15) is 4.79 Å². The molecule has 2 N–H and O–H groups in total. The van der Waals surface area contributed by atoms with Gasteiger partial charge in [-0.25, -0.2) is 9.97 Å². The zero-order valence-electron chi connectivity index (χ0n) is 14.1. The molecular weight excluding hydrogens is 352 g/mol. The first-order valence-corrected chi connectivity index (χ1v) is 8.28. The number of aromatic nitrogens is 2. The number of ether oxygens (including phenoxy) is 1. The fraction of sp³-hybridized carbons (Fsp3) is 0.105. The third-order valence-electron chi connectivity index (χ3n) is 3.61. The third kappa shape index (κ3) is 4.49. The molecule has 0 fully saturated rings. The van der Waals surface area contributed by atoms with Crippen molar-refractivity contribution in [2.45, 2.75) is 6.54 Å². The maximum Gasteiger partial charge on any atom is 0.275 e. The molecule has 0 saturated carbocycles. The van der Waals surface area contributed by atoms with Gasteiger partial charge >= 0.3 is 0 Å². The van der Waals surface area contributed by atoms with Gasteiger partial charge < -0.3 is 15.4 Å². The predicted octanol–water partition coefficient (Wildman–Crippen LogP) is 4.00. The Morgan fingerprint density at radius 1 is 1.12 bits per heavy atom. The van der Waals surface area contributed by atoms with Crippen LogP contribution < -0.4 is 15.4 Å². The number of nitrogens with zero attached hydrogens (tertiary/aromatic N) is 2. The first-order valence-electron chi connectivity index (χ1n) is 7.90. The van der Waals surface area contributed by atoms with Crippen molar-refractivity contribution >= 4 is 29.0 Å². The van der Waals surface area contributed by atoms with Crippen LogP contribution in [0.2, 0.25) is 5.02 Å². The Bertz CT molecular complexity index is 886. The Hall–Kier alpha value is -3.12. The number of rotatable bonds is 6. The highest BCUT2D eigenvalue weighted by molar-refractivity contribution is 6.31. The summed E-state index contributed by atoms with van der Waals surface area (Å²) in [5, 5.41) is 6.38. The Labute approximate surface area is 156 Å². The first kappa shape index (κ1) is 17.7. The summed E-state index contributed by atoms with van der Waals surface area (Å²) in [7, 11) is 1.52. The molecule has 7 heteroatoms. The van der Waals surface area contributed by atoms with Crippen LogP contribution in [0.5, 0.6) is 5.75 Å². The van der Waals surface area contributed by atoms with E-state index in [2.05, 4.69) is 20.6 Å². The molecule has 1 heterocycles. The van der Waals surface area contributed by atoms with Gasteiger partial charge in [-0.2, -0.15) is 0 Å². The zero-order valence-corrected chi connectivity index (χ0v) is 14.8. The highest BCUT2D eigenvalue weighted by Crippen LogP contribution is 2.27. The molecule has 0 aliphatic rings. The van der Waals surface area contributed by atoms with Gasteiger partial charge in [-0.1, -0.05) is 41.9 Å². The van der Waals surface area contributed by atoms with Crippen LogP contribution >= 0.6 is 11.6 Å². The van der Waals surface area contributed by atoms with Gasteiger partial charge in [-0.05, 0) is 23.8 Å². The van der Waals surface area contributed by atoms with E-state index in [4.69, 9.17) is 16.3 Å². The molecule has 2 aromatic carbocycles. The minimum Gasteiger partial charge on any atom is -0.495 e. The van der Waals surface area contributed by atoms with Crippen LogP contribution in [0.4, 0.5) is 11.5 Å². The van der Waals surface area contributed by atoms with Crippen LogP contribution in [-0.2, 0) is 6.54 Å². The lowest BCUT2D eigenvalue weighted by Crippen LogP contribution is -2.15. The molecule has 132 valence electrons. The molecule has 0 radical (unpaired) electrons. The number of hydrogen-bond donors (Lipinski definition) is 2. The predicted molar refractivity (Wildman–Crippen MR) is 102 cm³/mol. The lowest BCUT2D eigenvalue weighted by molar-refractivity contribution is 0.102. The van der Waals surface area contributed by atoms with Crippen molar-refractivity contribution in [2.75, 3.05) is 17.7 Å². The van der Waals surface area contributed by atoms with Gasteiger partial charge in [0.2, 0.25) is 0 Å². The van der Waals surface area contributed by atoms with Gasteiger partial charge in [0, 0.05) is 11.6 Å². The Kier molecular flexibility index (Phi) is 5.66. The topological polar surface area (TPSA) is 76.1 Å². The molecule has 0 unspecified atom stereocenters. The van der Waals surface area contributed by atoms with E-state index in [0.29, 0.717) is 28.8 Å². The Morgan fingerprint density at radius 2 is 1.92 bits per heavy atom. The molecule has 0 aliphatic heterocycles. The lowest BCUT2D eigenvalue weighted by Gasteiger charge is -2.10. The average molecular weight is 369 g/mol. The number of benzene rings is 2. The second-order valence-electron chi connectivity index (χ2n) is 5.42. The van der Waals surface area contributed by atoms with E-state index >= 15 is 0 Å². The molecule has 0 aliphatic carbocycles. The van der Waals surface area contributed by atoms with Gasteiger partial charge in [0.15, 0.2) is 0 Å². The Morgan fingerprint density at radius 3 is 2.62 bits per heavy atom. The molecule has 1 amide bonds. The van der Waals surface area contributed by atoms with E-state index in [1.54, 1.807) is 18.2 Å². The van der Waals surface area contributed by atoms with Gasteiger partial charge in [-0.15, -0.1) is 0 Å². The molecule has 0 atom stereocenters. The molecule has 6 nitrogen and oxygen atoms in total. The molecule has 0 bridgehead atoms. The smallest absolute Gasteiger partial charge is 0.275 e. The summed E-state index contributed by atoms with van der Waals surface area (Å²) in [4.78, 5) is 20.7. The molecular formula is C19H17ClN4O2. The number of amides is 1. The molecule has 0 spiro atoms. The van der Waals surface area contributed by atoms with Crippen LogP contribution in [0.3, 0.4) is 0 Å². The van der Waals surface area contributed by atoms with E-state index in [0.717, 1.165) is 5.56 Å². The summed E-state index contributed by atoms with van der Waals surface area (Å²) in [6, 6.07) is 14.9. The Balaban J connectivity index is 1.64. The highest BCUT2D eigenvalue weighted by atomic mass is 35.5. The number of anilines is 2. The lowest BCUT2D eigenvalue weighted by atomic mass is 10.2. The molecule has 0 saturated heterocycles. The van der Waals surface area contributed by atoms with Crippen molar-refractivity contribution < 1.29 is 9.53 Å². The van der Waals surface area contributed by atoms with Crippen LogP contribution in [0.1, 0.15) is 16.1 Å².